The summed E-state index contributed by atoms with van der Waals surface area (Å²) in [5, 5.41) is 0. The lowest BCUT2D eigenvalue weighted by molar-refractivity contribution is 0.0473. The van der Waals surface area contributed by atoms with Gasteiger partial charge in [-0.15, -0.1) is 0 Å². The van der Waals surface area contributed by atoms with Crippen molar-refractivity contribution >= 4 is 27.7 Å². The number of Topliss-reactive ketones (excluding diaryl/α,β-unsaturated/α-hetero) is 1. The Labute approximate surface area is 176 Å². The normalized spacial score (nSPS) is 12.1. The molecule has 29 heavy (non-hydrogen) atoms. The molecule has 0 N–H and O–H groups in total. The van der Waals surface area contributed by atoms with Gasteiger partial charge in [0.05, 0.1) is 5.56 Å². The number of fused-ring (bicyclic) bond motifs is 1. The van der Waals surface area contributed by atoms with Gasteiger partial charge in [0.25, 0.3) is 0 Å². The van der Waals surface area contributed by atoms with E-state index >= 15 is 0 Å². The number of halogens is 1. The average Bonchev–Trinajstić information content (AvgIpc) is 3.29. The first-order valence-corrected chi connectivity index (χ1v) is 9.79. The van der Waals surface area contributed by atoms with Crippen LogP contribution in [0.25, 0.3) is 5.69 Å². The highest BCUT2D eigenvalue weighted by molar-refractivity contribution is 9.10. The highest BCUT2D eigenvalue weighted by Gasteiger charge is 2.21. The van der Waals surface area contributed by atoms with Gasteiger partial charge in [-0.25, -0.2) is 4.79 Å². The lowest BCUT2D eigenvalue weighted by atomic mass is 10.1. The number of nitrogens with zero attached hydrogens (tertiary/aromatic N) is 1. The molecule has 2 heterocycles. The lowest BCUT2D eigenvalue weighted by Gasteiger charge is -2.11. The third-order valence-electron chi connectivity index (χ3n) is 4.77. The minimum absolute atomic E-state index is 0.203. The molecule has 4 rings (SSSR count). The highest BCUT2D eigenvalue weighted by atomic mass is 79.9. The van der Waals surface area contributed by atoms with E-state index in [0.717, 1.165) is 17.1 Å². The van der Waals surface area contributed by atoms with Crippen molar-refractivity contribution in [3.63, 3.8) is 0 Å². The molecule has 0 aliphatic carbocycles. The number of ketones is 1. The van der Waals surface area contributed by atoms with Crippen LogP contribution in [0.4, 0.5) is 0 Å². The summed E-state index contributed by atoms with van der Waals surface area (Å²) in [6.07, 6.45) is 0. The average molecular weight is 456 g/mol. The van der Waals surface area contributed by atoms with Crippen molar-refractivity contribution < 1.29 is 23.8 Å². The van der Waals surface area contributed by atoms with Crippen LogP contribution in [-0.4, -0.2) is 29.7 Å². The standard InChI is InChI=1S/C22H18BrNO5/c1-13-9-17(19(25)11-27-22(26)16-5-3-4-6-18(16)23)14(2)24(13)15-7-8-20-21(10-15)29-12-28-20/h3-10H,11-12H2,1-2H3. The van der Waals surface area contributed by atoms with Gasteiger partial charge in [-0.3, -0.25) is 4.79 Å². The molecule has 1 aliphatic rings. The summed E-state index contributed by atoms with van der Waals surface area (Å²) in [5.41, 5.74) is 3.42. The number of benzene rings is 2. The van der Waals surface area contributed by atoms with E-state index in [1.165, 1.54) is 0 Å². The van der Waals surface area contributed by atoms with E-state index in [4.69, 9.17) is 14.2 Å². The Morgan fingerprint density at radius 3 is 2.59 bits per heavy atom. The maximum absolute atomic E-state index is 12.7. The topological polar surface area (TPSA) is 66.8 Å². The molecule has 0 bridgehead atoms. The van der Waals surface area contributed by atoms with Gasteiger partial charge in [0, 0.05) is 33.2 Å². The fraction of sp³-hybridized carbons (Fsp3) is 0.182. The van der Waals surface area contributed by atoms with E-state index in [-0.39, 0.29) is 19.2 Å². The van der Waals surface area contributed by atoms with E-state index in [0.29, 0.717) is 27.1 Å². The van der Waals surface area contributed by atoms with Gasteiger partial charge in [-0.05, 0) is 60.1 Å². The molecule has 2 aromatic carbocycles. The summed E-state index contributed by atoms with van der Waals surface area (Å²) >= 11 is 3.31. The Morgan fingerprint density at radius 1 is 1.03 bits per heavy atom. The summed E-state index contributed by atoms with van der Waals surface area (Å²) in [7, 11) is 0. The number of carbonyl (C=O) groups excluding carboxylic acids is 2. The van der Waals surface area contributed by atoms with Crippen LogP contribution in [0.15, 0.2) is 53.0 Å². The number of aryl methyl sites for hydroxylation is 1. The van der Waals surface area contributed by atoms with Crippen molar-refractivity contribution in [2.75, 3.05) is 13.4 Å². The van der Waals surface area contributed by atoms with Crippen LogP contribution in [0.2, 0.25) is 0 Å². The molecular weight excluding hydrogens is 438 g/mol. The molecule has 0 saturated carbocycles. The zero-order chi connectivity index (χ0) is 20.5. The number of hydrogen-bond donors (Lipinski definition) is 0. The molecule has 1 aliphatic heterocycles. The fourth-order valence-electron chi connectivity index (χ4n) is 3.38. The molecule has 0 radical (unpaired) electrons. The third-order valence-corrected chi connectivity index (χ3v) is 5.47. The number of aromatic nitrogens is 1. The number of esters is 1. The predicted octanol–water partition coefficient (Wildman–Crippen LogP) is 4.63. The molecule has 7 heteroatoms. The van der Waals surface area contributed by atoms with E-state index in [2.05, 4.69) is 15.9 Å². The summed E-state index contributed by atoms with van der Waals surface area (Å²) < 4.78 is 18.6. The van der Waals surface area contributed by atoms with Crippen LogP contribution in [0.3, 0.4) is 0 Å². The molecule has 0 fully saturated rings. The van der Waals surface area contributed by atoms with Crippen LogP contribution >= 0.6 is 15.9 Å². The lowest BCUT2D eigenvalue weighted by Crippen LogP contribution is -2.15. The Balaban J connectivity index is 1.54. The second kappa shape index (κ2) is 7.75. The largest absolute Gasteiger partial charge is 0.454 e. The Hall–Kier alpha value is -3.06. The van der Waals surface area contributed by atoms with Crippen LogP contribution < -0.4 is 9.47 Å². The Bertz CT molecular complexity index is 1120. The first-order valence-electron chi connectivity index (χ1n) is 8.99. The van der Waals surface area contributed by atoms with Gasteiger partial charge in [-0.2, -0.15) is 0 Å². The molecule has 0 amide bonds. The summed E-state index contributed by atoms with van der Waals surface area (Å²) in [6, 6.07) is 14.4. The summed E-state index contributed by atoms with van der Waals surface area (Å²) in [5.74, 6) is 0.567. The van der Waals surface area contributed by atoms with Gasteiger partial charge in [-0.1, -0.05) is 12.1 Å². The van der Waals surface area contributed by atoms with E-state index in [9.17, 15) is 9.59 Å². The van der Waals surface area contributed by atoms with Gasteiger partial charge in [0.2, 0.25) is 12.6 Å². The van der Waals surface area contributed by atoms with Crippen molar-refractivity contribution in [2.45, 2.75) is 13.8 Å². The second-order valence-corrected chi connectivity index (χ2v) is 7.49. The number of hydrogen-bond acceptors (Lipinski definition) is 5. The maximum atomic E-state index is 12.7. The van der Waals surface area contributed by atoms with Crippen LogP contribution in [0, 0.1) is 13.8 Å². The van der Waals surface area contributed by atoms with Gasteiger partial charge < -0.3 is 18.8 Å². The van der Waals surface area contributed by atoms with Crippen LogP contribution in [-0.2, 0) is 4.74 Å². The van der Waals surface area contributed by atoms with Gasteiger partial charge in [0.1, 0.15) is 0 Å². The molecule has 148 valence electrons. The number of ether oxygens (including phenoxy) is 3. The summed E-state index contributed by atoms with van der Waals surface area (Å²) in [6.45, 7) is 3.66. The van der Waals surface area contributed by atoms with E-state index in [1.807, 2.05) is 36.6 Å². The zero-order valence-corrected chi connectivity index (χ0v) is 17.5. The molecule has 3 aromatic rings. The van der Waals surface area contributed by atoms with Crippen molar-refractivity contribution in [2.24, 2.45) is 0 Å². The van der Waals surface area contributed by atoms with Crippen LogP contribution in [0.1, 0.15) is 32.1 Å². The number of rotatable bonds is 5. The van der Waals surface area contributed by atoms with Gasteiger partial charge in [0.15, 0.2) is 18.1 Å². The highest BCUT2D eigenvalue weighted by Crippen LogP contribution is 2.35. The molecule has 0 atom stereocenters. The van der Waals surface area contributed by atoms with E-state index in [1.54, 1.807) is 30.3 Å². The van der Waals surface area contributed by atoms with E-state index < -0.39 is 5.97 Å². The van der Waals surface area contributed by atoms with Crippen molar-refractivity contribution in [1.29, 1.82) is 0 Å². The third kappa shape index (κ3) is 3.65. The second-order valence-electron chi connectivity index (χ2n) is 6.64. The van der Waals surface area contributed by atoms with Crippen molar-refractivity contribution in [3.05, 3.63) is 75.5 Å². The van der Waals surface area contributed by atoms with Gasteiger partial charge >= 0.3 is 5.97 Å². The first-order chi connectivity index (χ1) is 14.0. The van der Waals surface area contributed by atoms with Crippen molar-refractivity contribution in [3.8, 4) is 17.2 Å². The molecule has 0 unspecified atom stereocenters. The molecule has 1 aromatic heterocycles. The predicted molar refractivity (Wildman–Crippen MR) is 110 cm³/mol. The monoisotopic (exact) mass is 455 g/mol. The fourth-order valence-corrected chi connectivity index (χ4v) is 3.83. The smallest absolute Gasteiger partial charge is 0.339 e. The Morgan fingerprint density at radius 2 is 1.79 bits per heavy atom. The molecule has 0 spiro atoms. The SMILES string of the molecule is Cc1cc(C(=O)COC(=O)c2ccccc2Br)c(C)n1-c1ccc2c(c1)OCO2. The molecule has 0 saturated heterocycles. The minimum Gasteiger partial charge on any atom is -0.454 e. The first kappa shape index (κ1) is 19.3. The number of carbonyl (C=O) groups is 2. The van der Waals surface area contributed by atoms with Crippen molar-refractivity contribution in [1.82, 2.24) is 4.57 Å². The molecule has 6 nitrogen and oxygen atoms in total. The Kier molecular flexibility index (Phi) is 5.15. The van der Waals surface area contributed by atoms with Crippen LogP contribution in [0.5, 0.6) is 11.5 Å². The summed E-state index contributed by atoms with van der Waals surface area (Å²) in [4.78, 5) is 25.0. The minimum atomic E-state index is -0.546. The quantitative estimate of drug-likeness (QED) is 0.414. The maximum Gasteiger partial charge on any atom is 0.339 e. The zero-order valence-electron chi connectivity index (χ0n) is 15.9. The molecular formula is C22H18BrNO5.